The molecule has 0 aliphatic heterocycles. The van der Waals surface area contributed by atoms with Gasteiger partial charge in [0.25, 0.3) is 0 Å². The van der Waals surface area contributed by atoms with E-state index in [1.807, 2.05) is 0 Å². The lowest BCUT2D eigenvalue weighted by Crippen LogP contribution is -2.52. The van der Waals surface area contributed by atoms with Crippen molar-refractivity contribution in [2.75, 3.05) is 40.1 Å². The number of likely N-dealkylation sites (N-methyl/N-ethyl adjacent to an activating group) is 1. The molecule has 18 heavy (non-hydrogen) atoms. The van der Waals surface area contributed by atoms with Gasteiger partial charge in [-0.1, -0.05) is 13.3 Å². The highest BCUT2D eigenvalue weighted by molar-refractivity contribution is 5.80. The zero-order valence-electron chi connectivity index (χ0n) is 12.1. The van der Waals surface area contributed by atoms with Crippen molar-refractivity contribution in [1.82, 2.24) is 5.32 Å². The molecule has 5 heteroatoms. The van der Waals surface area contributed by atoms with Crippen LogP contribution in [-0.2, 0) is 19.0 Å². The Bertz CT molecular complexity index is 223. The third-order valence-corrected chi connectivity index (χ3v) is 2.68. The molecular formula is C13H27NO4. The molecular weight excluding hydrogens is 234 g/mol. The van der Waals surface area contributed by atoms with Crippen LogP contribution in [0.1, 0.15) is 33.6 Å². The lowest BCUT2D eigenvalue weighted by Gasteiger charge is -2.26. The van der Waals surface area contributed by atoms with Crippen molar-refractivity contribution in [3.8, 4) is 0 Å². The summed E-state index contributed by atoms with van der Waals surface area (Å²) in [5, 5.41) is 2.93. The Morgan fingerprint density at radius 3 is 2.39 bits per heavy atom. The Kier molecular flexibility index (Phi) is 9.92. The van der Waals surface area contributed by atoms with E-state index in [2.05, 4.69) is 12.2 Å². The van der Waals surface area contributed by atoms with Crippen molar-refractivity contribution in [3.63, 3.8) is 0 Å². The van der Waals surface area contributed by atoms with Crippen LogP contribution in [0.15, 0.2) is 0 Å². The minimum Gasteiger partial charge on any atom is -0.465 e. The van der Waals surface area contributed by atoms with Crippen molar-refractivity contribution in [1.29, 1.82) is 0 Å². The number of ether oxygens (including phenoxy) is 3. The molecule has 0 radical (unpaired) electrons. The van der Waals surface area contributed by atoms with Crippen LogP contribution >= 0.6 is 0 Å². The summed E-state index contributed by atoms with van der Waals surface area (Å²) in [6, 6.07) is 0. The normalized spacial score (nSPS) is 14.2. The molecule has 108 valence electrons. The maximum atomic E-state index is 11.7. The maximum Gasteiger partial charge on any atom is 0.328 e. The van der Waals surface area contributed by atoms with Crippen LogP contribution < -0.4 is 5.32 Å². The highest BCUT2D eigenvalue weighted by Gasteiger charge is 2.33. The van der Waals surface area contributed by atoms with E-state index in [1.165, 1.54) is 0 Å². The first-order chi connectivity index (χ1) is 8.60. The summed E-state index contributed by atoms with van der Waals surface area (Å²) in [5.74, 6) is -0.292. The monoisotopic (exact) mass is 261 g/mol. The molecule has 0 amide bonds. The molecule has 0 aromatic rings. The molecule has 0 aliphatic rings. The van der Waals surface area contributed by atoms with Gasteiger partial charge in [0.1, 0.15) is 5.54 Å². The van der Waals surface area contributed by atoms with E-state index in [4.69, 9.17) is 14.2 Å². The van der Waals surface area contributed by atoms with Gasteiger partial charge in [-0.25, -0.2) is 4.79 Å². The fourth-order valence-corrected chi connectivity index (χ4v) is 1.27. The zero-order valence-corrected chi connectivity index (χ0v) is 12.1. The van der Waals surface area contributed by atoms with E-state index in [0.717, 1.165) is 19.4 Å². The summed E-state index contributed by atoms with van der Waals surface area (Å²) in [7, 11) is 1.72. The molecule has 0 saturated carbocycles. The fraction of sp³-hybridized carbons (Fsp3) is 0.923. The predicted molar refractivity (Wildman–Crippen MR) is 70.6 cm³/mol. The van der Waals surface area contributed by atoms with E-state index in [0.29, 0.717) is 19.8 Å². The van der Waals surface area contributed by atoms with Gasteiger partial charge in [-0.05, 0) is 27.3 Å². The molecule has 0 bridgehead atoms. The van der Waals surface area contributed by atoms with Gasteiger partial charge in [0.15, 0.2) is 0 Å². The van der Waals surface area contributed by atoms with Crippen LogP contribution in [0.2, 0.25) is 0 Å². The molecule has 1 N–H and O–H groups in total. The van der Waals surface area contributed by atoms with Crippen molar-refractivity contribution in [2.24, 2.45) is 0 Å². The lowest BCUT2D eigenvalue weighted by atomic mass is 10.1. The quantitative estimate of drug-likeness (QED) is 0.449. The highest BCUT2D eigenvalue weighted by Crippen LogP contribution is 2.06. The number of hydrogen-bond donors (Lipinski definition) is 1. The average Bonchev–Trinajstić information content (AvgIpc) is 2.37. The predicted octanol–water partition coefficient (Wildman–Crippen LogP) is 1.36. The number of carbonyl (C=O) groups is 1. The standard InChI is InChI=1S/C13H27NO4/c1-5-7-8-16-9-10-17-11-13(3,14-4)12(15)18-6-2/h14H,5-11H2,1-4H3. The smallest absolute Gasteiger partial charge is 0.328 e. The lowest BCUT2D eigenvalue weighted by molar-refractivity contribution is -0.153. The Morgan fingerprint density at radius 1 is 1.17 bits per heavy atom. The van der Waals surface area contributed by atoms with E-state index >= 15 is 0 Å². The van der Waals surface area contributed by atoms with Crippen LogP contribution in [0.3, 0.4) is 0 Å². The number of rotatable bonds is 11. The van der Waals surface area contributed by atoms with Gasteiger partial charge in [-0.2, -0.15) is 0 Å². The van der Waals surface area contributed by atoms with Gasteiger partial charge >= 0.3 is 5.97 Å². The summed E-state index contributed by atoms with van der Waals surface area (Å²) in [5.41, 5.74) is -0.792. The van der Waals surface area contributed by atoms with Crippen LogP contribution in [0, 0.1) is 0 Å². The SMILES string of the molecule is CCCCOCCOCC(C)(NC)C(=O)OCC. The van der Waals surface area contributed by atoms with Crippen LogP contribution in [-0.4, -0.2) is 51.6 Å². The maximum absolute atomic E-state index is 11.7. The van der Waals surface area contributed by atoms with Crippen molar-refractivity contribution < 1.29 is 19.0 Å². The molecule has 0 aromatic carbocycles. The third-order valence-electron chi connectivity index (χ3n) is 2.68. The van der Waals surface area contributed by atoms with E-state index in [-0.39, 0.29) is 12.6 Å². The van der Waals surface area contributed by atoms with E-state index in [9.17, 15) is 4.79 Å². The number of unbranched alkanes of at least 4 members (excludes halogenated alkanes) is 1. The molecule has 5 nitrogen and oxygen atoms in total. The molecule has 0 fully saturated rings. The van der Waals surface area contributed by atoms with Gasteiger partial charge in [0, 0.05) is 6.61 Å². The first-order valence-electron chi connectivity index (χ1n) is 6.62. The minimum atomic E-state index is -0.792. The molecule has 0 saturated heterocycles. The van der Waals surface area contributed by atoms with Crippen LogP contribution in [0.25, 0.3) is 0 Å². The van der Waals surface area contributed by atoms with Gasteiger partial charge in [-0.3, -0.25) is 0 Å². The number of carbonyl (C=O) groups excluding carboxylic acids is 1. The fourth-order valence-electron chi connectivity index (χ4n) is 1.27. The van der Waals surface area contributed by atoms with Gasteiger partial charge in [-0.15, -0.1) is 0 Å². The Morgan fingerprint density at radius 2 is 1.83 bits per heavy atom. The van der Waals surface area contributed by atoms with E-state index < -0.39 is 5.54 Å². The molecule has 0 rings (SSSR count). The molecule has 0 heterocycles. The second-order valence-electron chi connectivity index (χ2n) is 4.32. The second kappa shape index (κ2) is 10.3. The third kappa shape index (κ3) is 6.93. The van der Waals surface area contributed by atoms with Crippen LogP contribution in [0.5, 0.6) is 0 Å². The summed E-state index contributed by atoms with van der Waals surface area (Å²) < 4.78 is 15.8. The first-order valence-corrected chi connectivity index (χ1v) is 6.62. The summed E-state index contributed by atoms with van der Waals surface area (Å²) in [4.78, 5) is 11.7. The van der Waals surface area contributed by atoms with Crippen molar-refractivity contribution in [2.45, 2.75) is 39.2 Å². The largest absolute Gasteiger partial charge is 0.465 e. The molecule has 0 aromatic heterocycles. The molecule has 0 spiro atoms. The molecule has 1 unspecified atom stereocenters. The van der Waals surface area contributed by atoms with Gasteiger partial charge in [0.05, 0.1) is 26.4 Å². The van der Waals surface area contributed by atoms with Crippen molar-refractivity contribution >= 4 is 5.97 Å². The highest BCUT2D eigenvalue weighted by atomic mass is 16.5. The summed E-state index contributed by atoms with van der Waals surface area (Å²) in [6.45, 7) is 8.14. The molecule has 1 atom stereocenters. The topological polar surface area (TPSA) is 56.8 Å². The number of nitrogens with one attached hydrogen (secondary N) is 1. The van der Waals surface area contributed by atoms with Gasteiger partial charge in [0.2, 0.25) is 0 Å². The Balaban J connectivity index is 3.76. The first kappa shape index (κ1) is 17.4. The average molecular weight is 261 g/mol. The molecule has 0 aliphatic carbocycles. The second-order valence-corrected chi connectivity index (χ2v) is 4.32. The van der Waals surface area contributed by atoms with E-state index in [1.54, 1.807) is 20.9 Å². The number of esters is 1. The van der Waals surface area contributed by atoms with Gasteiger partial charge < -0.3 is 19.5 Å². The number of hydrogen-bond acceptors (Lipinski definition) is 5. The zero-order chi connectivity index (χ0) is 13.9. The summed E-state index contributed by atoms with van der Waals surface area (Å²) in [6.07, 6.45) is 2.19. The van der Waals surface area contributed by atoms with Crippen LogP contribution in [0.4, 0.5) is 0 Å². The Labute approximate surface area is 110 Å². The van der Waals surface area contributed by atoms with Crippen molar-refractivity contribution in [3.05, 3.63) is 0 Å². The summed E-state index contributed by atoms with van der Waals surface area (Å²) >= 11 is 0. The Hall–Kier alpha value is -0.650. The minimum absolute atomic E-state index is 0.277.